The predicted molar refractivity (Wildman–Crippen MR) is 50.4 cm³/mol. The van der Waals surface area contributed by atoms with Crippen molar-refractivity contribution in [2.45, 2.75) is 0 Å². The summed E-state index contributed by atoms with van der Waals surface area (Å²) in [5, 5.41) is 3.08. The average Bonchev–Trinajstić information content (AvgIpc) is 2.62. The van der Waals surface area contributed by atoms with Gasteiger partial charge in [0.05, 0.1) is 6.33 Å². The van der Waals surface area contributed by atoms with E-state index in [0.29, 0.717) is 12.2 Å². The van der Waals surface area contributed by atoms with Gasteiger partial charge in [0.2, 0.25) is 0 Å². The lowest BCUT2D eigenvalue weighted by Crippen LogP contribution is -2.01. The van der Waals surface area contributed by atoms with Crippen molar-refractivity contribution >= 4 is 17.0 Å². The smallest absolute Gasteiger partial charge is 0.182 e. The highest BCUT2D eigenvalue weighted by molar-refractivity contribution is 5.81. The summed E-state index contributed by atoms with van der Waals surface area (Å²) in [6, 6.07) is 0. The Balaban J connectivity index is 2.42. The van der Waals surface area contributed by atoms with Crippen LogP contribution < -0.4 is 5.32 Å². The van der Waals surface area contributed by atoms with Crippen molar-refractivity contribution in [1.82, 2.24) is 19.9 Å². The minimum atomic E-state index is 0.668. The molecule has 0 spiro atoms. The monoisotopic (exact) mass is 175 g/mol. The third-order valence-corrected chi connectivity index (χ3v) is 1.64. The molecule has 0 aliphatic heterocycles. The van der Waals surface area contributed by atoms with Gasteiger partial charge in [-0.15, -0.1) is 6.58 Å². The lowest BCUT2D eigenvalue weighted by atomic mass is 10.5. The van der Waals surface area contributed by atoms with Crippen molar-refractivity contribution in [1.29, 1.82) is 0 Å². The topological polar surface area (TPSA) is 66.5 Å². The van der Waals surface area contributed by atoms with Gasteiger partial charge in [0.1, 0.15) is 11.8 Å². The molecule has 0 unspecified atom stereocenters. The van der Waals surface area contributed by atoms with E-state index >= 15 is 0 Å². The molecule has 0 bridgehead atoms. The molecule has 0 aliphatic carbocycles. The Morgan fingerprint density at radius 2 is 2.38 bits per heavy atom. The van der Waals surface area contributed by atoms with Crippen LogP contribution in [0.25, 0.3) is 11.2 Å². The number of nitrogens with zero attached hydrogens (tertiary/aromatic N) is 3. The fourth-order valence-corrected chi connectivity index (χ4v) is 1.07. The maximum atomic E-state index is 4.08. The lowest BCUT2D eigenvalue weighted by molar-refractivity contribution is 1.17. The van der Waals surface area contributed by atoms with Gasteiger partial charge >= 0.3 is 0 Å². The van der Waals surface area contributed by atoms with Crippen LogP contribution in [0, 0.1) is 0 Å². The van der Waals surface area contributed by atoms with Gasteiger partial charge in [-0.1, -0.05) is 6.08 Å². The summed E-state index contributed by atoms with van der Waals surface area (Å²) in [5.41, 5.74) is 1.49. The van der Waals surface area contributed by atoms with E-state index in [1.165, 1.54) is 6.33 Å². The Hall–Kier alpha value is -1.91. The molecule has 5 nitrogen and oxygen atoms in total. The van der Waals surface area contributed by atoms with Crippen LogP contribution in [0.1, 0.15) is 0 Å². The van der Waals surface area contributed by atoms with Gasteiger partial charge in [-0.3, -0.25) is 0 Å². The quantitative estimate of drug-likeness (QED) is 0.681. The van der Waals surface area contributed by atoms with Crippen molar-refractivity contribution in [3.05, 3.63) is 25.3 Å². The van der Waals surface area contributed by atoms with Gasteiger partial charge in [0.15, 0.2) is 11.5 Å². The number of hydrogen-bond donors (Lipinski definition) is 2. The molecule has 13 heavy (non-hydrogen) atoms. The van der Waals surface area contributed by atoms with Crippen LogP contribution in [-0.2, 0) is 0 Å². The SMILES string of the molecule is C=CCNc1ncnc2nc[nH]c12. The van der Waals surface area contributed by atoms with Crippen molar-refractivity contribution in [3.63, 3.8) is 0 Å². The van der Waals surface area contributed by atoms with Gasteiger partial charge in [-0.2, -0.15) is 0 Å². The first-order valence-electron chi connectivity index (χ1n) is 3.90. The summed E-state index contributed by atoms with van der Waals surface area (Å²) in [7, 11) is 0. The molecule has 2 N–H and O–H groups in total. The summed E-state index contributed by atoms with van der Waals surface area (Å²) in [6.07, 6.45) is 4.84. The van der Waals surface area contributed by atoms with Crippen molar-refractivity contribution in [3.8, 4) is 0 Å². The van der Waals surface area contributed by atoms with E-state index < -0.39 is 0 Å². The van der Waals surface area contributed by atoms with E-state index in [1.807, 2.05) is 0 Å². The molecule has 0 saturated carbocycles. The molecule has 0 aliphatic rings. The van der Waals surface area contributed by atoms with E-state index in [4.69, 9.17) is 0 Å². The van der Waals surface area contributed by atoms with E-state index in [0.717, 1.165) is 11.3 Å². The highest BCUT2D eigenvalue weighted by Crippen LogP contribution is 2.13. The molecule has 2 aromatic heterocycles. The van der Waals surface area contributed by atoms with Gasteiger partial charge in [0, 0.05) is 6.54 Å². The number of aromatic amines is 1. The van der Waals surface area contributed by atoms with Gasteiger partial charge in [-0.05, 0) is 0 Å². The van der Waals surface area contributed by atoms with E-state index in [1.54, 1.807) is 12.4 Å². The van der Waals surface area contributed by atoms with Crippen molar-refractivity contribution in [2.24, 2.45) is 0 Å². The number of anilines is 1. The second-order valence-electron chi connectivity index (χ2n) is 2.49. The molecule has 5 heteroatoms. The van der Waals surface area contributed by atoms with E-state index in [9.17, 15) is 0 Å². The zero-order chi connectivity index (χ0) is 9.10. The fourth-order valence-electron chi connectivity index (χ4n) is 1.07. The van der Waals surface area contributed by atoms with Crippen LogP contribution in [0.3, 0.4) is 0 Å². The number of H-pyrrole nitrogens is 1. The molecular weight excluding hydrogens is 166 g/mol. The molecule has 0 aromatic carbocycles. The van der Waals surface area contributed by atoms with Gasteiger partial charge in [0.25, 0.3) is 0 Å². The van der Waals surface area contributed by atoms with Crippen molar-refractivity contribution < 1.29 is 0 Å². The Bertz CT molecular complexity index is 419. The zero-order valence-corrected chi connectivity index (χ0v) is 6.99. The summed E-state index contributed by atoms with van der Waals surface area (Å²) >= 11 is 0. The summed E-state index contributed by atoms with van der Waals surface area (Å²) < 4.78 is 0. The summed E-state index contributed by atoms with van der Waals surface area (Å²) in [5.74, 6) is 0.752. The lowest BCUT2D eigenvalue weighted by Gasteiger charge is -2.01. The van der Waals surface area contributed by atoms with Crippen LogP contribution in [0.5, 0.6) is 0 Å². The largest absolute Gasteiger partial charge is 0.365 e. The normalized spacial score (nSPS) is 10.2. The van der Waals surface area contributed by atoms with Crippen LogP contribution in [0.2, 0.25) is 0 Å². The average molecular weight is 175 g/mol. The molecule has 0 radical (unpaired) electrons. The predicted octanol–water partition coefficient (Wildman–Crippen LogP) is 0.951. The molecule has 0 amide bonds. The van der Waals surface area contributed by atoms with Crippen LogP contribution >= 0.6 is 0 Å². The van der Waals surface area contributed by atoms with Crippen molar-refractivity contribution in [2.75, 3.05) is 11.9 Å². The Kier molecular flexibility index (Phi) is 1.91. The Labute approximate surface area is 74.9 Å². The van der Waals surface area contributed by atoms with Gasteiger partial charge < -0.3 is 10.3 Å². The Morgan fingerprint density at radius 1 is 1.46 bits per heavy atom. The standard InChI is InChI=1S/C8H9N5/c1-2-3-9-7-6-8(11-4-10-6)13-5-12-7/h2,4-5H,1,3H2,(H2,9,10,11,12,13). The highest BCUT2D eigenvalue weighted by Gasteiger charge is 2.02. The molecule has 0 fully saturated rings. The Morgan fingerprint density at radius 3 is 3.23 bits per heavy atom. The minimum Gasteiger partial charge on any atom is -0.365 e. The van der Waals surface area contributed by atoms with E-state index in [-0.39, 0.29) is 0 Å². The van der Waals surface area contributed by atoms with E-state index in [2.05, 4.69) is 31.8 Å². The first-order chi connectivity index (χ1) is 6.42. The maximum absolute atomic E-state index is 4.08. The number of aromatic nitrogens is 4. The third kappa shape index (κ3) is 1.35. The second-order valence-corrected chi connectivity index (χ2v) is 2.49. The zero-order valence-electron chi connectivity index (χ0n) is 6.99. The number of hydrogen-bond acceptors (Lipinski definition) is 4. The first-order valence-corrected chi connectivity index (χ1v) is 3.90. The summed E-state index contributed by atoms with van der Waals surface area (Å²) in [4.78, 5) is 15.0. The second kappa shape index (κ2) is 3.22. The fraction of sp³-hybridized carbons (Fsp3) is 0.125. The number of rotatable bonds is 3. The minimum absolute atomic E-state index is 0.668. The van der Waals surface area contributed by atoms with Gasteiger partial charge in [-0.25, -0.2) is 15.0 Å². The third-order valence-electron chi connectivity index (χ3n) is 1.64. The molecular formula is C8H9N5. The maximum Gasteiger partial charge on any atom is 0.182 e. The van der Waals surface area contributed by atoms with Crippen LogP contribution in [0.4, 0.5) is 5.82 Å². The molecule has 0 saturated heterocycles. The molecule has 2 heterocycles. The highest BCUT2D eigenvalue weighted by atomic mass is 15.1. The number of imidazole rings is 1. The number of fused-ring (bicyclic) bond motifs is 1. The van der Waals surface area contributed by atoms with Crippen LogP contribution in [-0.4, -0.2) is 26.5 Å². The summed E-state index contributed by atoms with van der Waals surface area (Å²) in [6.45, 7) is 4.28. The first kappa shape index (κ1) is 7.72. The molecule has 66 valence electrons. The number of nitrogens with one attached hydrogen (secondary N) is 2. The molecule has 2 aromatic rings. The molecule has 0 atom stereocenters. The molecule has 2 rings (SSSR count). The van der Waals surface area contributed by atoms with Crippen LogP contribution in [0.15, 0.2) is 25.3 Å².